The summed E-state index contributed by atoms with van der Waals surface area (Å²) in [6.45, 7) is 2.93. The molecule has 6 rings (SSSR count). The van der Waals surface area contributed by atoms with Crippen LogP contribution < -0.4 is 15.4 Å². The molecule has 2 aliphatic rings. The highest BCUT2D eigenvalue weighted by Crippen LogP contribution is 2.43. The van der Waals surface area contributed by atoms with Crippen molar-refractivity contribution in [2.75, 3.05) is 13.7 Å². The Morgan fingerprint density at radius 1 is 1.16 bits per heavy atom. The molecule has 50 heavy (non-hydrogen) atoms. The van der Waals surface area contributed by atoms with Crippen LogP contribution in [0, 0.1) is 10.8 Å². The van der Waals surface area contributed by atoms with E-state index in [9.17, 15) is 18.4 Å². The van der Waals surface area contributed by atoms with Crippen molar-refractivity contribution in [1.29, 1.82) is 5.41 Å². The number of carbonyl (C=O) groups excluding carboxylic acids is 2. The van der Waals surface area contributed by atoms with Crippen LogP contribution in [-0.2, 0) is 15.1 Å². The van der Waals surface area contributed by atoms with Gasteiger partial charge in [0.15, 0.2) is 11.8 Å². The number of amides is 2. The first-order valence-electron chi connectivity index (χ1n) is 16.0. The zero-order valence-corrected chi connectivity index (χ0v) is 28.7. The molecular weight excluding hydrogens is 670 g/mol. The summed E-state index contributed by atoms with van der Waals surface area (Å²) in [5.74, 6) is -0.00733. The third-order valence-electron chi connectivity index (χ3n) is 8.50. The van der Waals surface area contributed by atoms with Crippen LogP contribution in [0.4, 0.5) is 13.6 Å². The topological polar surface area (TPSA) is 147 Å². The first-order valence-corrected chi connectivity index (χ1v) is 16.4. The van der Waals surface area contributed by atoms with E-state index in [1.165, 1.54) is 30.6 Å². The molecule has 262 valence electrons. The van der Waals surface area contributed by atoms with E-state index in [0.29, 0.717) is 49.8 Å². The predicted molar refractivity (Wildman–Crippen MR) is 182 cm³/mol. The Labute approximate surface area is 292 Å². The van der Waals surface area contributed by atoms with Gasteiger partial charge in [0.25, 0.3) is 5.91 Å². The lowest BCUT2D eigenvalue weighted by Gasteiger charge is -2.35. The number of methoxy groups -OCH3 is 1. The van der Waals surface area contributed by atoms with Gasteiger partial charge in [0.2, 0.25) is 5.88 Å². The van der Waals surface area contributed by atoms with Gasteiger partial charge < -0.3 is 20.1 Å². The molecule has 12 nitrogen and oxygen atoms in total. The number of benzene rings is 2. The minimum Gasteiger partial charge on any atom is -0.481 e. The molecule has 0 spiro atoms. The van der Waals surface area contributed by atoms with Gasteiger partial charge in [-0.1, -0.05) is 62.7 Å². The average Bonchev–Trinajstić information content (AvgIpc) is 3.68. The first kappa shape index (κ1) is 34.7. The first-order chi connectivity index (χ1) is 23.8. The number of nitrogens with zero attached hydrogens (tertiary/aromatic N) is 5. The highest BCUT2D eigenvalue weighted by Gasteiger charge is 2.54. The van der Waals surface area contributed by atoms with Crippen molar-refractivity contribution in [3.8, 4) is 28.4 Å². The average molecular weight is 707 g/mol. The van der Waals surface area contributed by atoms with E-state index < -0.39 is 35.5 Å². The molecule has 3 N–H and O–H groups in total. The van der Waals surface area contributed by atoms with E-state index in [2.05, 4.69) is 25.7 Å². The van der Waals surface area contributed by atoms with E-state index in [0.717, 1.165) is 12.8 Å². The van der Waals surface area contributed by atoms with E-state index in [1.807, 2.05) is 20.8 Å². The van der Waals surface area contributed by atoms with Gasteiger partial charge in [0.05, 0.1) is 24.4 Å². The highest BCUT2D eigenvalue weighted by molar-refractivity contribution is 6.33. The number of alkyl carbamates (subject to hydrolysis) is 1. The van der Waals surface area contributed by atoms with Crippen LogP contribution in [0.5, 0.6) is 5.88 Å². The van der Waals surface area contributed by atoms with Crippen LogP contribution in [0.3, 0.4) is 0 Å². The van der Waals surface area contributed by atoms with Crippen LogP contribution in [0.25, 0.3) is 22.5 Å². The van der Waals surface area contributed by atoms with Gasteiger partial charge in [-0.2, -0.15) is 18.9 Å². The molecule has 1 saturated carbocycles. The Morgan fingerprint density at radius 2 is 1.90 bits per heavy atom. The molecule has 4 aromatic rings. The highest BCUT2D eigenvalue weighted by atomic mass is 35.5. The van der Waals surface area contributed by atoms with E-state index >= 15 is 0 Å². The van der Waals surface area contributed by atoms with Crippen LogP contribution >= 0.6 is 11.6 Å². The maximum absolute atomic E-state index is 14.9. The van der Waals surface area contributed by atoms with Crippen molar-refractivity contribution in [1.82, 2.24) is 35.3 Å². The molecular formula is C35H37ClF2N8O4. The van der Waals surface area contributed by atoms with Gasteiger partial charge in [0.1, 0.15) is 12.1 Å². The van der Waals surface area contributed by atoms with Crippen molar-refractivity contribution in [2.45, 2.75) is 64.2 Å². The van der Waals surface area contributed by atoms with Gasteiger partial charge in [-0.15, -0.1) is 0 Å². The lowest BCUT2D eigenvalue weighted by Crippen LogP contribution is -2.47. The van der Waals surface area contributed by atoms with E-state index in [1.54, 1.807) is 48.5 Å². The number of hydrogen-bond acceptors (Lipinski definition) is 8. The van der Waals surface area contributed by atoms with E-state index in [4.69, 9.17) is 26.5 Å². The summed E-state index contributed by atoms with van der Waals surface area (Å²) in [4.78, 5) is 37.7. The summed E-state index contributed by atoms with van der Waals surface area (Å²) in [5, 5.41) is 19.2. The zero-order chi connectivity index (χ0) is 35.8. The van der Waals surface area contributed by atoms with Gasteiger partial charge in [-0.25, -0.2) is 14.5 Å². The van der Waals surface area contributed by atoms with Gasteiger partial charge in [-0.3, -0.25) is 15.1 Å². The van der Waals surface area contributed by atoms with Crippen LogP contribution in [0.2, 0.25) is 5.02 Å². The summed E-state index contributed by atoms with van der Waals surface area (Å²) in [7, 11) is 1.49. The standard InChI is InChI=1S/C35H37ClF2N8O4/c1-34(2,3)19-35(23-8-5-20(6-9-23)22-16-41-45(17-22)31(37)38)30(47)46(32(39)44-35)27(18-50-33(48)42-24-10-11-24)21-7-12-26(36)25(15-21)29-40-14-13-28(43-29)49-4/h5-9,12-17,24,27,31H,10-11,18-19H2,1-4H3,(H2,39,44)(H,42,48)/t27-,35-/m1/s1. The number of ether oxygens (including phenoxy) is 2. The van der Waals surface area contributed by atoms with Crippen molar-refractivity contribution >= 4 is 29.6 Å². The van der Waals surface area contributed by atoms with Gasteiger partial charge in [0, 0.05) is 35.6 Å². The maximum atomic E-state index is 14.9. The van der Waals surface area contributed by atoms with Gasteiger partial charge in [-0.05, 0) is 53.5 Å². The Hall–Kier alpha value is -5.11. The largest absolute Gasteiger partial charge is 0.481 e. The molecule has 2 aromatic carbocycles. The molecule has 0 bridgehead atoms. The second kappa shape index (κ2) is 13.7. The SMILES string of the molecule is COc1ccnc(-c2cc([C@@H](COC(=O)NC3CC3)N3C(=N)N[C@](CC(C)(C)C)(c4ccc(-c5cnn(C(F)F)c5)cc4)C3=O)ccc2Cl)n1. The van der Waals surface area contributed by atoms with Crippen molar-refractivity contribution in [2.24, 2.45) is 5.41 Å². The minimum absolute atomic E-state index is 0.0498. The van der Waals surface area contributed by atoms with Crippen molar-refractivity contribution < 1.29 is 27.8 Å². The number of guanidine groups is 1. The molecule has 2 fully saturated rings. The summed E-state index contributed by atoms with van der Waals surface area (Å²) in [5.41, 5.74) is 0.875. The molecule has 2 atom stereocenters. The molecule has 15 heteroatoms. The van der Waals surface area contributed by atoms with E-state index in [-0.39, 0.29) is 24.4 Å². The van der Waals surface area contributed by atoms with Gasteiger partial charge >= 0.3 is 12.6 Å². The zero-order valence-electron chi connectivity index (χ0n) is 27.9. The van der Waals surface area contributed by atoms with Crippen molar-refractivity contribution in [3.05, 3.63) is 83.3 Å². The molecule has 0 unspecified atom stereocenters. The van der Waals surface area contributed by atoms with Crippen molar-refractivity contribution in [3.63, 3.8) is 0 Å². The summed E-state index contributed by atoms with van der Waals surface area (Å²) >= 11 is 6.62. The fourth-order valence-corrected chi connectivity index (χ4v) is 6.29. The quantitative estimate of drug-likeness (QED) is 0.156. The molecule has 2 amide bonds. The van der Waals surface area contributed by atoms with Crippen LogP contribution in [0.1, 0.15) is 63.8 Å². The molecule has 3 heterocycles. The number of alkyl halides is 2. The summed E-state index contributed by atoms with van der Waals surface area (Å²) in [6.07, 6.45) is 5.53. The Balaban J connectivity index is 1.39. The number of aromatic nitrogens is 4. The lowest BCUT2D eigenvalue weighted by molar-refractivity contribution is -0.134. The second-order valence-electron chi connectivity index (χ2n) is 13.6. The predicted octanol–water partition coefficient (Wildman–Crippen LogP) is 6.69. The Bertz CT molecular complexity index is 1910. The third kappa shape index (κ3) is 7.25. The maximum Gasteiger partial charge on any atom is 0.407 e. The third-order valence-corrected chi connectivity index (χ3v) is 8.83. The second-order valence-corrected chi connectivity index (χ2v) is 14.0. The Kier molecular flexibility index (Phi) is 9.49. The smallest absolute Gasteiger partial charge is 0.407 e. The number of rotatable bonds is 11. The monoisotopic (exact) mass is 706 g/mol. The summed E-state index contributed by atoms with van der Waals surface area (Å²) in [6, 6.07) is 12.7. The summed E-state index contributed by atoms with van der Waals surface area (Å²) < 4.78 is 37.9. The fraction of sp³-hybridized carbons (Fsp3) is 0.371. The molecule has 1 saturated heterocycles. The molecule has 1 aliphatic carbocycles. The fourth-order valence-electron chi connectivity index (χ4n) is 6.09. The molecule has 0 radical (unpaired) electrons. The van der Waals surface area contributed by atoms with Crippen LogP contribution in [-0.4, -0.2) is 62.4 Å². The Morgan fingerprint density at radius 3 is 2.54 bits per heavy atom. The lowest BCUT2D eigenvalue weighted by atomic mass is 9.75. The molecule has 2 aromatic heterocycles. The number of halogens is 3. The normalized spacial score (nSPS) is 18.3. The molecule has 1 aliphatic heterocycles. The number of nitrogens with one attached hydrogen (secondary N) is 3. The number of hydrogen-bond donors (Lipinski definition) is 3. The minimum atomic E-state index is -2.77. The number of carbonyl (C=O) groups is 2. The van der Waals surface area contributed by atoms with Crippen LogP contribution in [0.15, 0.2) is 67.1 Å².